The molecule has 6 heteroatoms. The lowest BCUT2D eigenvalue weighted by atomic mass is 10.1. The Morgan fingerprint density at radius 2 is 1.96 bits per heavy atom. The molecule has 0 saturated heterocycles. The van der Waals surface area contributed by atoms with Crippen molar-refractivity contribution in [1.82, 2.24) is 10.3 Å². The number of carbonyl (C=O) groups excluding carboxylic acids is 2. The van der Waals surface area contributed by atoms with Crippen molar-refractivity contribution in [2.45, 2.75) is 39.3 Å². The molecule has 23 heavy (non-hydrogen) atoms. The molecule has 0 spiro atoms. The lowest BCUT2D eigenvalue weighted by molar-refractivity contribution is -0.156. The van der Waals surface area contributed by atoms with Crippen molar-refractivity contribution in [2.75, 3.05) is 5.32 Å². The van der Waals surface area contributed by atoms with Crippen molar-refractivity contribution in [2.24, 2.45) is 0 Å². The molecule has 1 heterocycles. The summed E-state index contributed by atoms with van der Waals surface area (Å²) >= 11 is 0. The molecule has 1 unspecified atom stereocenters. The second kappa shape index (κ2) is 6.64. The van der Waals surface area contributed by atoms with Gasteiger partial charge in [-0.25, -0.2) is 9.59 Å². The number of rotatable bonds is 3. The fourth-order valence-electron chi connectivity index (χ4n) is 2.04. The third-order valence-corrected chi connectivity index (χ3v) is 3.04. The second-order valence-electron chi connectivity index (χ2n) is 6.26. The van der Waals surface area contributed by atoms with E-state index in [0.29, 0.717) is 5.69 Å². The zero-order valence-corrected chi connectivity index (χ0v) is 13.7. The third kappa shape index (κ3) is 4.67. The van der Waals surface area contributed by atoms with Gasteiger partial charge in [0.05, 0.1) is 5.69 Å². The molecule has 0 aliphatic rings. The molecular formula is C17H21N3O3. The van der Waals surface area contributed by atoms with Gasteiger partial charge in [-0.15, -0.1) is 0 Å². The number of fused-ring (bicyclic) bond motifs is 1. The monoisotopic (exact) mass is 315 g/mol. The van der Waals surface area contributed by atoms with E-state index in [2.05, 4.69) is 15.6 Å². The number of pyridine rings is 1. The number of amides is 2. The van der Waals surface area contributed by atoms with E-state index in [1.807, 2.05) is 18.2 Å². The molecule has 0 radical (unpaired) electrons. The number of benzene rings is 1. The van der Waals surface area contributed by atoms with Gasteiger partial charge < -0.3 is 15.4 Å². The van der Waals surface area contributed by atoms with Crippen LogP contribution in [0.25, 0.3) is 10.8 Å². The van der Waals surface area contributed by atoms with Crippen molar-refractivity contribution in [3.63, 3.8) is 0 Å². The van der Waals surface area contributed by atoms with Gasteiger partial charge in [0.1, 0.15) is 11.6 Å². The van der Waals surface area contributed by atoms with Gasteiger partial charge in [-0.05, 0) is 39.8 Å². The van der Waals surface area contributed by atoms with Crippen LogP contribution in [-0.2, 0) is 9.53 Å². The van der Waals surface area contributed by atoms with Crippen LogP contribution in [0.3, 0.4) is 0 Å². The summed E-state index contributed by atoms with van der Waals surface area (Å²) in [4.78, 5) is 28.0. The second-order valence-corrected chi connectivity index (χ2v) is 6.26. The Kier molecular flexibility index (Phi) is 4.83. The zero-order valence-electron chi connectivity index (χ0n) is 13.7. The van der Waals surface area contributed by atoms with E-state index in [4.69, 9.17) is 4.74 Å². The van der Waals surface area contributed by atoms with Gasteiger partial charge in [0, 0.05) is 23.2 Å². The Hall–Kier alpha value is -2.63. The van der Waals surface area contributed by atoms with Gasteiger partial charge in [0.25, 0.3) is 0 Å². The van der Waals surface area contributed by atoms with Gasteiger partial charge in [-0.3, -0.25) is 4.98 Å². The topological polar surface area (TPSA) is 80.3 Å². The number of anilines is 1. The quantitative estimate of drug-likeness (QED) is 0.853. The van der Waals surface area contributed by atoms with Crippen LogP contribution in [0.2, 0.25) is 0 Å². The van der Waals surface area contributed by atoms with Crippen LogP contribution in [0.4, 0.5) is 10.5 Å². The van der Waals surface area contributed by atoms with E-state index in [-0.39, 0.29) is 0 Å². The summed E-state index contributed by atoms with van der Waals surface area (Å²) in [5, 5.41) is 7.12. The summed E-state index contributed by atoms with van der Waals surface area (Å²) in [7, 11) is 0. The average molecular weight is 315 g/mol. The Morgan fingerprint density at radius 3 is 2.65 bits per heavy atom. The van der Waals surface area contributed by atoms with Crippen LogP contribution in [0.15, 0.2) is 36.7 Å². The highest BCUT2D eigenvalue weighted by Gasteiger charge is 2.23. The number of nitrogens with zero attached hydrogens (tertiary/aromatic N) is 1. The molecule has 2 aromatic rings. The highest BCUT2D eigenvalue weighted by Crippen LogP contribution is 2.21. The van der Waals surface area contributed by atoms with E-state index in [9.17, 15) is 9.59 Å². The molecule has 0 aliphatic carbocycles. The molecule has 0 saturated carbocycles. The van der Waals surface area contributed by atoms with Gasteiger partial charge >= 0.3 is 12.0 Å². The Balaban J connectivity index is 2.03. The molecule has 1 aromatic heterocycles. The predicted octanol–water partition coefficient (Wildman–Crippen LogP) is 3.09. The standard InChI is InChI=1S/C17H21N3O3/c1-11(15(21)23-17(2,3)4)19-16(22)20-14-7-5-6-12-10-18-9-8-13(12)14/h5-11H,1-4H3,(H2,19,20,22). The van der Waals surface area contributed by atoms with Gasteiger partial charge in [0.2, 0.25) is 0 Å². The first kappa shape index (κ1) is 16.7. The molecule has 0 bridgehead atoms. The van der Waals surface area contributed by atoms with Crippen LogP contribution in [-0.4, -0.2) is 28.6 Å². The molecule has 2 amide bonds. The highest BCUT2D eigenvalue weighted by molar-refractivity contribution is 6.02. The summed E-state index contributed by atoms with van der Waals surface area (Å²) in [5.74, 6) is -0.477. The Morgan fingerprint density at radius 1 is 1.22 bits per heavy atom. The molecule has 1 atom stereocenters. The molecule has 122 valence electrons. The van der Waals surface area contributed by atoms with Gasteiger partial charge in [-0.1, -0.05) is 12.1 Å². The minimum absolute atomic E-state index is 0.465. The maximum absolute atomic E-state index is 12.1. The molecular weight excluding hydrogens is 294 g/mol. The summed E-state index contributed by atoms with van der Waals surface area (Å²) in [6.07, 6.45) is 3.39. The summed E-state index contributed by atoms with van der Waals surface area (Å²) in [6.45, 7) is 6.92. The summed E-state index contributed by atoms with van der Waals surface area (Å²) < 4.78 is 5.23. The third-order valence-electron chi connectivity index (χ3n) is 3.04. The van der Waals surface area contributed by atoms with Crippen molar-refractivity contribution in [3.8, 4) is 0 Å². The van der Waals surface area contributed by atoms with Crippen LogP contribution < -0.4 is 10.6 Å². The minimum Gasteiger partial charge on any atom is -0.458 e. The van der Waals surface area contributed by atoms with Crippen LogP contribution in [0.1, 0.15) is 27.7 Å². The van der Waals surface area contributed by atoms with E-state index < -0.39 is 23.6 Å². The first-order valence-corrected chi connectivity index (χ1v) is 7.39. The molecule has 2 rings (SSSR count). The number of urea groups is 1. The molecule has 2 N–H and O–H groups in total. The van der Waals surface area contributed by atoms with Gasteiger partial charge in [-0.2, -0.15) is 0 Å². The normalized spacial score (nSPS) is 12.5. The molecule has 6 nitrogen and oxygen atoms in total. The minimum atomic E-state index is -0.745. The van der Waals surface area contributed by atoms with Crippen LogP contribution in [0, 0.1) is 0 Å². The lowest BCUT2D eigenvalue weighted by Gasteiger charge is -2.22. The molecule has 0 aliphatic heterocycles. The van der Waals surface area contributed by atoms with Crippen LogP contribution in [0.5, 0.6) is 0 Å². The SMILES string of the molecule is CC(NC(=O)Nc1cccc2cnccc12)C(=O)OC(C)(C)C. The predicted molar refractivity (Wildman–Crippen MR) is 89.2 cm³/mol. The molecule has 0 fully saturated rings. The first-order chi connectivity index (χ1) is 10.8. The number of carbonyl (C=O) groups is 2. The number of esters is 1. The van der Waals surface area contributed by atoms with Crippen molar-refractivity contribution in [1.29, 1.82) is 0 Å². The summed E-state index contributed by atoms with van der Waals surface area (Å²) in [6, 6.07) is 6.15. The fraction of sp³-hybridized carbons (Fsp3) is 0.353. The maximum Gasteiger partial charge on any atom is 0.328 e. The van der Waals surface area contributed by atoms with Crippen molar-refractivity contribution in [3.05, 3.63) is 36.7 Å². The number of hydrogen-bond acceptors (Lipinski definition) is 4. The zero-order chi connectivity index (χ0) is 17.0. The lowest BCUT2D eigenvalue weighted by Crippen LogP contribution is -2.44. The fourth-order valence-corrected chi connectivity index (χ4v) is 2.04. The average Bonchev–Trinajstić information content (AvgIpc) is 2.45. The number of hydrogen-bond donors (Lipinski definition) is 2. The van der Waals surface area contributed by atoms with Gasteiger partial charge in [0.15, 0.2) is 0 Å². The summed E-state index contributed by atoms with van der Waals surface area (Å²) in [5.41, 5.74) is 0.0605. The van der Waals surface area contributed by atoms with Crippen LogP contribution >= 0.6 is 0 Å². The number of aromatic nitrogens is 1. The largest absolute Gasteiger partial charge is 0.458 e. The Bertz CT molecular complexity index is 717. The highest BCUT2D eigenvalue weighted by atomic mass is 16.6. The van der Waals surface area contributed by atoms with Crippen molar-refractivity contribution < 1.29 is 14.3 Å². The maximum atomic E-state index is 12.1. The van der Waals surface area contributed by atoms with E-state index in [1.165, 1.54) is 0 Å². The van der Waals surface area contributed by atoms with Crippen molar-refractivity contribution >= 4 is 28.5 Å². The first-order valence-electron chi connectivity index (χ1n) is 7.39. The van der Waals surface area contributed by atoms with E-state index in [1.54, 1.807) is 46.2 Å². The van der Waals surface area contributed by atoms with E-state index in [0.717, 1.165) is 10.8 Å². The molecule has 1 aromatic carbocycles. The number of ether oxygens (including phenoxy) is 1. The van der Waals surface area contributed by atoms with E-state index >= 15 is 0 Å². The number of nitrogens with one attached hydrogen (secondary N) is 2. The smallest absolute Gasteiger partial charge is 0.328 e. The Labute approximate surface area is 135 Å².